The van der Waals surface area contributed by atoms with Crippen LogP contribution < -0.4 is 15.2 Å². The Bertz CT molecular complexity index is 1370. The van der Waals surface area contributed by atoms with Crippen molar-refractivity contribution < 1.29 is 9.57 Å². The lowest BCUT2D eigenvalue weighted by Gasteiger charge is -2.32. The molecule has 36 heavy (non-hydrogen) atoms. The van der Waals surface area contributed by atoms with Crippen molar-refractivity contribution in [1.29, 1.82) is 0 Å². The van der Waals surface area contributed by atoms with Gasteiger partial charge in [0.25, 0.3) is 0 Å². The number of fused-ring (bicyclic) bond motifs is 1. The molecule has 0 spiro atoms. The summed E-state index contributed by atoms with van der Waals surface area (Å²) >= 11 is 0. The molecule has 9 nitrogen and oxygen atoms in total. The molecule has 1 N–H and O–H groups in total. The number of aromatic nitrogens is 4. The highest BCUT2D eigenvalue weighted by atomic mass is 16.7. The maximum Gasteiger partial charge on any atom is 0.225 e. The molecule has 2 aliphatic heterocycles. The molecule has 6 rings (SSSR count). The maximum atomic E-state index is 6.25. The summed E-state index contributed by atoms with van der Waals surface area (Å²) in [6.45, 7) is 3.88. The van der Waals surface area contributed by atoms with E-state index in [1.807, 2.05) is 50.2 Å². The highest BCUT2D eigenvalue weighted by Crippen LogP contribution is 2.27. The average molecular weight is 484 g/mol. The summed E-state index contributed by atoms with van der Waals surface area (Å²) < 4.78 is 8.33. The Morgan fingerprint density at radius 1 is 1.03 bits per heavy atom. The van der Waals surface area contributed by atoms with Gasteiger partial charge in [0.1, 0.15) is 17.7 Å². The largest absolute Gasteiger partial charge is 0.489 e. The van der Waals surface area contributed by atoms with Crippen molar-refractivity contribution in [3.8, 4) is 11.6 Å². The van der Waals surface area contributed by atoms with E-state index < -0.39 is 0 Å². The predicted octanol–water partition coefficient (Wildman–Crippen LogP) is 4.11. The number of rotatable bonds is 6. The number of anilines is 1. The molecule has 0 atom stereocenters. The second-order valence-corrected chi connectivity index (χ2v) is 9.16. The fraction of sp³-hybridized carbons (Fsp3) is 0.296. The molecule has 1 aromatic carbocycles. The third kappa shape index (κ3) is 4.45. The summed E-state index contributed by atoms with van der Waals surface area (Å²) in [5, 5.41) is 2.90. The van der Waals surface area contributed by atoms with Gasteiger partial charge >= 0.3 is 0 Å². The van der Waals surface area contributed by atoms with Crippen LogP contribution in [-0.2, 0) is 11.3 Å². The Morgan fingerprint density at radius 3 is 2.56 bits per heavy atom. The lowest BCUT2D eigenvalue weighted by atomic mass is 10.1. The number of aryl methyl sites for hydroxylation is 1. The number of hydrogen-bond donors (Lipinski definition) is 1. The number of nitrogens with zero attached hydrogens (tertiary/aromatic N) is 6. The van der Waals surface area contributed by atoms with Gasteiger partial charge in [0.05, 0.1) is 17.9 Å². The normalized spacial score (nSPS) is 16.3. The smallest absolute Gasteiger partial charge is 0.225 e. The zero-order valence-corrected chi connectivity index (χ0v) is 20.5. The van der Waals surface area contributed by atoms with Gasteiger partial charge in [-0.2, -0.15) is 0 Å². The molecule has 0 amide bonds. The molecule has 184 valence electrons. The van der Waals surface area contributed by atoms with Crippen LogP contribution >= 0.6 is 0 Å². The van der Waals surface area contributed by atoms with Crippen molar-refractivity contribution in [2.24, 2.45) is 0 Å². The number of hydrogen-bond acceptors (Lipinski definition) is 8. The van der Waals surface area contributed by atoms with Gasteiger partial charge in [0.2, 0.25) is 5.95 Å². The summed E-state index contributed by atoms with van der Waals surface area (Å²) in [6.07, 6.45) is 12.6. The van der Waals surface area contributed by atoms with E-state index in [4.69, 9.17) is 9.57 Å². The van der Waals surface area contributed by atoms with Gasteiger partial charge in [0, 0.05) is 62.5 Å². The number of ether oxygens (including phenoxy) is 1. The minimum atomic E-state index is 0.162. The van der Waals surface area contributed by atoms with Crippen LogP contribution in [-0.4, -0.2) is 50.8 Å². The predicted molar refractivity (Wildman–Crippen MR) is 138 cm³/mol. The van der Waals surface area contributed by atoms with E-state index in [1.54, 1.807) is 5.01 Å². The third-order valence-electron chi connectivity index (χ3n) is 6.68. The number of hydrazine groups is 1. The Hall–Kier alpha value is -4.11. The number of nitrogens with one attached hydrogen (secondary N) is 1. The molecule has 9 heteroatoms. The van der Waals surface area contributed by atoms with E-state index in [0.29, 0.717) is 0 Å². The van der Waals surface area contributed by atoms with Crippen molar-refractivity contribution >= 4 is 22.6 Å². The molecule has 0 saturated carbocycles. The molecule has 0 aliphatic carbocycles. The minimum Gasteiger partial charge on any atom is -0.489 e. The van der Waals surface area contributed by atoms with Crippen LogP contribution in [0.5, 0.6) is 5.75 Å². The molecule has 0 unspecified atom stereocenters. The van der Waals surface area contributed by atoms with Gasteiger partial charge in [-0.25, -0.2) is 15.0 Å². The summed E-state index contributed by atoms with van der Waals surface area (Å²) in [4.78, 5) is 21.4. The van der Waals surface area contributed by atoms with Crippen molar-refractivity contribution in [2.45, 2.75) is 32.3 Å². The van der Waals surface area contributed by atoms with Gasteiger partial charge in [0.15, 0.2) is 5.76 Å². The monoisotopic (exact) mass is 483 g/mol. The van der Waals surface area contributed by atoms with E-state index in [0.717, 1.165) is 77.7 Å². The first-order chi connectivity index (χ1) is 17.7. The van der Waals surface area contributed by atoms with Crippen LogP contribution in [0.2, 0.25) is 0 Å². The topological polar surface area (TPSA) is 80.6 Å². The van der Waals surface area contributed by atoms with Crippen LogP contribution in [0.1, 0.15) is 30.9 Å². The summed E-state index contributed by atoms with van der Waals surface area (Å²) in [6, 6.07) is 12.4. The van der Waals surface area contributed by atoms with E-state index in [9.17, 15) is 0 Å². The van der Waals surface area contributed by atoms with Crippen LogP contribution in [0.15, 0.2) is 67.4 Å². The van der Waals surface area contributed by atoms with Gasteiger partial charge in [-0.15, -0.1) is 0 Å². The molecular formula is C27H29N7O2. The molecule has 2 aliphatic rings. The van der Waals surface area contributed by atoms with Crippen LogP contribution in [0.25, 0.3) is 22.5 Å². The summed E-state index contributed by atoms with van der Waals surface area (Å²) in [5.74, 6) is 3.24. The van der Waals surface area contributed by atoms with Gasteiger partial charge < -0.3 is 19.0 Å². The lowest BCUT2D eigenvalue weighted by Crippen LogP contribution is -2.39. The zero-order valence-electron chi connectivity index (χ0n) is 20.5. The zero-order chi connectivity index (χ0) is 24.5. The number of piperidine rings is 1. The van der Waals surface area contributed by atoms with E-state index in [2.05, 4.69) is 61.2 Å². The lowest BCUT2D eigenvalue weighted by molar-refractivity contribution is 0.0649. The first-order valence-corrected chi connectivity index (χ1v) is 12.3. The second-order valence-electron chi connectivity index (χ2n) is 9.16. The Kier molecular flexibility index (Phi) is 5.90. The van der Waals surface area contributed by atoms with Crippen LogP contribution in [0, 0.1) is 0 Å². The molecule has 3 aromatic heterocycles. The molecule has 1 fully saturated rings. The molecule has 0 radical (unpaired) electrons. The first kappa shape index (κ1) is 22.4. The minimum absolute atomic E-state index is 0.162. The van der Waals surface area contributed by atoms with E-state index >= 15 is 0 Å². The quantitative estimate of drug-likeness (QED) is 0.439. The molecule has 0 bridgehead atoms. The molecule has 5 heterocycles. The van der Waals surface area contributed by atoms with Crippen molar-refractivity contribution in [1.82, 2.24) is 30.1 Å². The molecule has 1 saturated heterocycles. The number of benzene rings is 1. The van der Waals surface area contributed by atoms with E-state index in [-0.39, 0.29) is 6.10 Å². The summed E-state index contributed by atoms with van der Waals surface area (Å²) in [5.41, 5.74) is 6.06. The summed E-state index contributed by atoms with van der Waals surface area (Å²) in [7, 11) is 1.89. The highest BCUT2D eigenvalue weighted by molar-refractivity contribution is 5.85. The highest BCUT2D eigenvalue weighted by Gasteiger charge is 2.22. The van der Waals surface area contributed by atoms with E-state index in [1.165, 1.54) is 0 Å². The van der Waals surface area contributed by atoms with Crippen molar-refractivity contribution in [3.63, 3.8) is 0 Å². The fourth-order valence-corrected chi connectivity index (χ4v) is 4.62. The Labute approximate surface area is 209 Å². The van der Waals surface area contributed by atoms with Gasteiger partial charge in [-0.05, 0) is 48.4 Å². The van der Waals surface area contributed by atoms with Crippen molar-refractivity contribution in [3.05, 3.63) is 78.5 Å². The molecule has 4 aromatic rings. The maximum absolute atomic E-state index is 6.25. The van der Waals surface area contributed by atoms with Gasteiger partial charge in [-0.1, -0.05) is 12.5 Å². The third-order valence-corrected chi connectivity index (χ3v) is 6.68. The Morgan fingerprint density at radius 2 is 1.86 bits per heavy atom. The Balaban J connectivity index is 1.09. The van der Waals surface area contributed by atoms with Crippen LogP contribution in [0.3, 0.4) is 0 Å². The van der Waals surface area contributed by atoms with Crippen molar-refractivity contribution in [2.75, 3.05) is 25.0 Å². The second kappa shape index (κ2) is 9.50. The first-order valence-electron chi connectivity index (χ1n) is 12.3. The SMILES string of the molecule is CCc1cnc(N2CCC(Oc3ccc(-n4ccc5cc(C6=CN(C)NO6)ccc54)nc3)CC2)nc1. The molecular weight excluding hydrogens is 454 g/mol. The fourth-order valence-electron chi connectivity index (χ4n) is 4.62. The van der Waals surface area contributed by atoms with Gasteiger partial charge in [-0.3, -0.25) is 5.01 Å². The van der Waals surface area contributed by atoms with Crippen LogP contribution in [0.4, 0.5) is 5.95 Å². The average Bonchev–Trinajstić information content (AvgIpc) is 3.55. The number of pyridine rings is 1. The standard InChI is InChI=1S/C27H29N7O2/c1-3-19-15-29-27(30-16-19)33-11-9-22(10-12-33)35-23-5-7-26(28-17-23)34-13-8-20-14-21(4-6-24(20)34)25-18-32(2)31-36-25/h4-8,13-18,22,31H,3,9-12H2,1-2H3.